The summed E-state index contributed by atoms with van der Waals surface area (Å²) in [4.78, 5) is 13.9. The summed E-state index contributed by atoms with van der Waals surface area (Å²) in [6, 6.07) is 1.96. The van der Waals surface area contributed by atoms with Crippen molar-refractivity contribution in [3.63, 3.8) is 0 Å². The van der Waals surface area contributed by atoms with E-state index in [4.69, 9.17) is 0 Å². The average Bonchev–Trinajstić information content (AvgIpc) is 2.61. The van der Waals surface area contributed by atoms with Crippen LogP contribution in [-0.4, -0.2) is 44.9 Å². The number of piperidine rings is 1. The van der Waals surface area contributed by atoms with Crippen molar-refractivity contribution in [3.8, 4) is 0 Å². The molecule has 0 spiro atoms. The van der Waals surface area contributed by atoms with Crippen LogP contribution in [0.2, 0.25) is 0 Å². The van der Waals surface area contributed by atoms with Gasteiger partial charge in [-0.1, -0.05) is 6.92 Å². The molecule has 5 heteroatoms. The minimum absolute atomic E-state index is 0.0344. The maximum absolute atomic E-state index is 12.1. The van der Waals surface area contributed by atoms with Crippen molar-refractivity contribution in [2.45, 2.75) is 39.8 Å². The molecule has 0 bridgehead atoms. The normalized spacial score (nSPS) is 24.3. The Hall–Kier alpha value is -1.36. The van der Waals surface area contributed by atoms with E-state index in [0.717, 1.165) is 24.4 Å². The molecule has 0 saturated carbocycles. The monoisotopic (exact) mass is 251 g/mol. The second-order valence-electron chi connectivity index (χ2n) is 5.26. The van der Waals surface area contributed by atoms with Gasteiger partial charge in [0.1, 0.15) is 6.54 Å². The summed E-state index contributed by atoms with van der Waals surface area (Å²) in [6.07, 6.45) is 0.465. The van der Waals surface area contributed by atoms with Crippen LogP contribution in [0.3, 0.4) is 0 Å². The minimum Gasteiger partial charge on any atom is -0.391 e. The Kier molecular flexibility index (Phi) is 3.71. The Morgan fingerprint density at radius 3 is 2.83 bits per heavy atom. The number of carbonyl (C=O) groups is 1. The number of aliphatic hydroxyl groups is 1. The summed E-state index contributed by atoms with van der Waals surface area (Å²) < 4.78 is 1.72. The lowest BCUT2D eigenvalue weighted by molar-refractivity contribution is -0.136. The Bertz CT molecular complexity index is 441. The first-order valence-corrected chi connectivity index (χ1v) is 6.44. The molecule has 1 aliphatic heterocycles. The smallest absolute Gasteiger partial charge is 0.244 e. The van der Waals surface area contributed by atoms with Crippen LogP contribution in [0, 0.1) is 19.8 Å². The summed E-state index contributed by atoms with van der Waals surface area (Å²) in [5.74, 6) is 0.315. The van der Waals surface area contributed by atoms with E-state index in [-0.39, 0.29) is 18.4 Å². The average molecular weight is 251 g/mol. The predicted molar refractivity (Wildman–Crippen MR) is 68.1 cm³/mol. The van der Waals surface area contributed by atoms with E-state index in [1.54, 1.807) is 9.58 Å². The number of β-amino-alcohol motifs (C(OH)–C–C–N with tert-alkyl or cyclic N) is 1. The van der Waals surface area contributed by atoms with Crippen LogP contribution in [0.1, 0.15) is 24.7 Å². The molecule has 18 heavy (non-hydrogen) atoms. The molecule has 1 aliphatic rings. The van der Waals surface area contributed by atoms with Gasteiger partial charge in [-0.25, -0.2) is 0 Å². The maximum Gasteiger partial charge on any atom is 0.244 e. The molecule has 2 heterocycles. The molecule has 0 radical (unpaired) electrons. The molecule has 1 saturated heterocycles. The van der Waals surface area contributed by atoms with Crippen molar-refractivity contribution < 1.29 is 9.90 Å². The third-order valence-corrected chi connectivity index (χ3v) is 3.66. The van der Waals surface area contributed by atoms with Crippen molar-refractivity contribution in [3.05, 3.63) is 17.5 Å². The molecular weight excluding hydrogens is 230 g/mol. The second-order valence-corrected chi connectivity index (χ2v) is 5.26. The van der Waals surface area contributed by atoms with Gasteiger partial charge in [-0.05, 0) is 32.3 Å². The molecule has 5 nitrogen and oxygen atoms in total. The molecule has 100 valence electrons. The van der Waals surface area contributed by atoms with Gasteiger partial charge in [0.15, 0.2) is 0 Å². The molecular formula is C13H21N3O2. The third kappa shape index (κ3) is 2.72. The van der Waals surface area contributed by atoms with Gasteiger partial charge in [-0.15, -0.1) is 0 Å². The number of rotatable bonds is 2. The zero-order valence-corrected chi connectivity index (χ0v) is 11.3. The quantitative estimate of drug-likeness (QED) is 0.843. The second kappa shape index (κ2) is 5.10. The highest BCUT2D eigenvalue weighted by Gasteiger charge is 2.27. The lowest BCUT2D eigenvalue weighted by Gasteiger charge is -2.34. The largest absolute Gasteiger partial charge is 0.391 e. The summed E-state index contributed by atoms with van der Waals surface area (Å²) in [6.45, 7) is 7.32. The number of aromatic nitrogens is 2. The van der Waals surface area contributed by atoms with E-state index < -0.39 is 6.10 Å². The van der Waals surface area contributed by atoms with Gasteiger partial charge < -0.3 is 10.0 Å². The van der Waals surface area contributed by atoms with Gasteiger partial charge in [0, 0.05) is 18.8 Å². The number of carbonyl (C=O) groups excluding carboxylic acids is 1. The highest BCUT2D eigenvalue weighted by molar-refractivity contribution is 5.76. The van der Waals surface area contributed by atoms with Crippen LogP contribution >= 0.6 is 0 Å². The van der Waals surface area contributed by atoms with Crippen molar-refractivity contribution in [2.24, 2.45) is 5.92 Å². The first kappa shape index (κ1) is 13.1. The zero-order valence-electron chi connectivity index (χ0n) is 11.3. The van der Waals surface area contributed by atoms with Crippen molar-refractivity contribution >= 4 is 5.91 Å². The Morgan fingerprint density at radius 1 is 1.56 bits per heavy atom. The van der Waals surface area contributed by atoms with E-state index in [0.29, 0.717) is 6.54 Å². The number of amides is 1. The van der Waals surface area contributed by atoms with E-state index in [9.17, 15) is 9.90 Å². The highest BCUT2D eigenvalue weighted by Crippen LogP contribution is 2.17. The summed E-state index contributed by atoms with van der Waals surface area (Å²) in [5, 5.41) is 14.1. The number of hydrogen-bond donors (Lipinski definition) is 1. The molecule has 0 aliphatic carbocycles. The van der Waals surface area contributed by atoms with Gasteiger partial charge in [0.25, 0.3) is 0 Å². The molecule has 2 unspecified atom stereocenters. The molecule has 2 atom stereocenters. The molecule has 1 amide bonds. The van der Waals surface area contributed by atoms with Crippen LogP contribution in [-0.2, 0) is 11.3 Å². The van der Waals surface area contributed by atoms with Crippen LogP contribution in [0.4, 0.5) is 0 Å². The topological polar surface area (TPSA) is 58.4 Å². The molecule has 2 rings (SSSR count). The molecule has 1 N–H and O–H groups in total. The predicted octanol–water partition coefficient (Wildman–Crippen LogP) is 0.729. The number of hydrogen-bond acceptors (Lipinski definition) is 3. The van der Waals surface area contributed by atoms with Crippen LogP contribution in [0.25, 0.3) is 0 Å². The number of nitrogens with zero attached hydrogens (tertiary/aromatic N) is 3. The summed E-state index contributed by atoms with van der Waals surface area (Å²) in [5.41, 5.74) is 1.92. The fraction of sp³-hybridized carbons (Fsp3) is 0.692. The number of aryl methyl sites for hydroxylation is 2. The zero-order chi connectivity index (χ0) is 13.3. The Balaban J connectivity index is 1.98. The number of aliphatic hydroxyl groups excluding tert-OH is 1. The lowest BCUT2D eigenvalue weighted by Crippen LogP contribution is -2.47. The molecule has 0 aromatic carbocycles. The summed E-state index contributed by atoms with van der Waals surface area (Å²) >= 11 is 0. The van der Waals surface area contributed by atoms with Gasteiger partial charge >= 0.3 is 0 Å². The van der Waals surface area contributed by atoms with Gasteiger partial charge in [0.2, 0.25) is 5.91 Å². The minimum atomic E-state index is -0.400. The van der Waals surface area contributed by atoms with Crippen molar-refractivity contribution in [1.29, 1.82) is 0 Å². The number of likely N-dealkylation sites (tertiary alicyclic amines) is 1. The van der Waals surface area contributed by atoms with Crippen molar-refractivity contribution in [2.75, 3.05) is 13.1 Å². The first-order chi connectivity index (χ1) is 8.47. The third-order valence-electron chi connectivity index (χ3n) is 3.66. The van der Waals surface area contributed by atoms with Crippen LogP contribution < -0.4 is 0 Å². The Morgan fingerprint density at radius 2 is 2.28 bits per heavy atom. The van der Waals surface area contributed by atoms with Crippen LogP contribution in [0.15, 0.2) is 6.07 Å². The van der Waals surface area contributed by atoms with Gasteiger partial charge in [-0.3, -0.25) is 9.48 Å². The van der Waals surface area contributed by atoms with Crippen LogP contribution in [0.5, 0.6) is 0 Å². The van der Waals surface area contributed by atoms with E-state index >= 15 is 0 Å². The lowest BCUT2D eigenvalue weighted by atomic mass is 9.96. The molecule has 1 fully saturated rings. The first-order valence-electron chi connectivity index (χ1n) is 6.44. The standard InChI is InChI=1S/C13H21N3O2/c1-9-4-5-15(7-12(9)17)13(18)8-16-11(3)6-10(2)14-16/h6,9,12,17H,4-5,7-8H2,1-3H3. The van der Waals surface area contributed by atoms with Crippen molar-refractivity contribution in [1.82, 2.24) is 14.7 Å². The van der Waals surface area contributed by atoms with E-state index in [1.165, 1.54) is 0 Å². The maximum atomic E-state index is 12.1. The fourth-order valence-corrected chi connectivity index (χ4v) is 2.34. The molecule has 1 aromatic heterocycles. The molecule has 1 aromatic rings. The fourth-order valence-electron chi connectivity index (χ4n) is 2.34. The van der Waals surface area contributed by atoms with Gasteiger partial charge in [-0.2, -0.15) is 5.10 Å². The van der Waals surface area contributed by atoms with E-state index in [1.807, 2.05) is 26.8 Å². The Labute approximate surface area is 107 Å². The van der Waals surface area contributed by atoms with Gasteiger partial charge in [0.05, 0.1) is 11.8 Å². The highest BCUT2D eigenvalue weighted by atomic mass is 16.3. The SMILES string of the molecule is Cc1cc(C)n(CC(=O)N2CCC(C)C(O)C2)n1. The summed E-state index contributed by atoms with van der Waals surface area (Å²) in [7, 11) is 0. The van der Waals surface area contributed by atoms with E-state index in [2.05, 4.69) is 5.10 Å².